The van der Waals surface area contributed by atoms with E-state index in [4.69, 9.17) is 0 Å². The summed E-state index contributed by atoms with van der Waals surface area (Å²) in [4.78, 5) is 2.53. The van der Waals surface area contributed by atoms with E-state index in [-0.39, 0.29) is 0 Å². The SMILES string of the molecule is c1ccc(-c2ccc(N(Cc3cccc4c5ccccc5n(-c5ccccc5)c34)c3cc4c(c(-c5ccccc5)c3)-c3c(ccc5ccccc35)C4)cc2)cc1. The minimum absolute atomic E-state index is 0.689. The number of aromatic nitrogens is 1. The van der Waals surface area contributed by atoms with Crippen LogP contribution in [0.5, 0.6) is 0 Å². The molecule has 2 nitrogen and oxygen atoms in total. The van der Waals surface area contributed by atoms with Crippen LogP contribution in [0, 0.1) is 0 Å². The van der Waals surface area contributed by atoms with Gasteiger partial charge in [-0.05, 0) is 110 Å². The molecule has 0 fully saturated rings. The normalized spacial score (nSPS) is 11.9. The van der Waals surface area contributed by atoms with Gasteiger partial charge < -0.3 is 9.47 Å². The van der Waals surface area contributed by atoms with Crippen LogP contribution in [0.3, 0.4) is 0 Å². The predicted octanol–water partition coefficient (Wildman–Crippen LogP) is 14.2. The van der Waals surface area contributed by atoms with Crippen molar-refractivity contribution >= 4 is 44.0 Å². The average molecular weight is 715 g/mol. The lowest BCUT2D eigenvalue weighted by molar-refractivity contribution is 0.973. The van der Waals surface area contributed by atoms with Crippen molar-refractivity contribution in [3.05, 3.63) is 223 Å². The second kappa shape index (κ2) is 13.3. The summed E-state index contributed by atoms with van der Waals surface area (Å²) in [6.45, 7) is 0.689. The molecule has 1 aliphatic carbocycles. The topological polar surface area (TPSA) is 8.17 Å². The number of nitrogens with zero attached hydrogens (tertiary/aromatic N) is 2. The van der Waals surface area contributed by atoms with E-state index in [9.17, 15) is 0 Å². The molecule has 10 aromatic rings. The van der Waals surface area contributed by atoms with Gasteiger partial charge in [0.05, 0.1) is 17.6 Å². The van der Waals surface area contributed by atoms with Gasteiger partial charge in [-0.25, -0.2) is 0 Å². The Balaban J connectivity index is 1.14. The molecule has 56 heavy (non-hydrogen) atoms. The van der Waals surface area contributed by atoms with Crippen molar-refractivity contribution in [3.63, 3.8) is 0 Å². The minimum atomic E-state index is 0.689. The molecule has 9 aromatic carbocycles. The molecule has 0 amide bonds. The summed E-state index contributed by atoms with van der Waals surface area (Å²) in [5.41, 5.74) is 17.7. The van der Waals surface area contributed by atoms with E-state index < -0.39 is 0 Å². The Labute approximate surface area is 327 Å². The highest BCUT2D eigenvalue weighted by molar-refractivity contribution is 6.10. The third-order valence-electron chi connectivity index (χ3n) is 11.7. The van der Waals surface area contributed by atoms with E-state index >= 15 is 0 Å². The number of para-hydroxylation sites is 3. The molecule has 0 saturated heterocycles. The molecule has 0 unspecified atom stereocenters. The van der Waals surface area contributed by atoms with Gasteiger partial charge in [-0.3, -0.25) is 0 Å². The number of anilines is 2. The maximum absolute atomic E-state index is 2.53. The van der Waals surface area contributed by atoms with Crippen LogP contribution in [0.25, 0.3) is 71.6 Å². The summed E-state index contributed by atoms with van der Waals surface area (Å²) >= 11 is 0. The lowest BCUT2D eigenvalue weighted by atomic mass is 9.90. The summed E-state index contributed by atoms with van der Waals surface area (Å²) in [5, 5.41) is 5.13. The molecule has 0 aliphatic heterocycles. The Morgan fingerprint density at radius 3 is 1.86 bits per heavy atom. The zero-order chi connectivity index (χ0) is 37.0. The van der Waals surface area contributed by atoms with Crippen molar-refractivity contribution in [1.82, 2.24) is 4.57 Å². The second-order valence-corrected chi connectivity index (χ2v) is 14.9. The van der Waals surface area contributed by atoms with Crippen molar-refractivity contribution < 1.29 is 0 Å². The lowest BCUT2D eigenvalue weighted by Gasteiger charge is -2.28. The van der Waals surface area contributed by atoms with E-state index in [1.165, 1.54) is 94.0 Å². The molecule has 1 heterocycles. The number of hydrogen-bond acceptors (Lipinski definition) is 1. The zero-order valence-corrected chi connectivity index (χ0v) is 30.9. The number of benzene rings is 9. The molecular formula is C54H38N2. The van der Waals surface area contributed by atoms with Crippen molar-refractivity contribution in [2.45, 2.75) is 13.0 Å². The second-order valence-electron chi connectivity index (χ2n) is 14.9. The number of hydrogen-bond donors (Lipinski definition) is 0. The maximum Gasteiger partial charge on any atom is 0.0591 e. The smallest absolute Gasteiger partial charge is 0.0591 e. The number of rotatable bonds is 7. The first-order valence-electron chi connectivity index (χ1n) is 19.5. The molecule has 0 radical (unpaired) electrons. The first-order chi connectivity index (χ1) is 27.8. The summed E-state index contributed by atoms with van der Waals surface area (Å²) in [7, 11) is 0. The lowest BCUT2D eigenvalue weighted by Crippen LogP contribution is -2.17. The Bertz CT molecular complexity index is 3050. The van der Waals surface area contributed by atoms with Gasteiger partial charge in [0, 0.05) is 27.8 Å². The van der Waals surface area contributed by atoms with Crippen LogP contribution >= 0.6 is 0 Å². The fourth-order valence-corrected chi connectivity index (χ4v) is 9.11. The monoisotopic (exact) mass is 714 g/mol. The Morgan fingerprint density at radius 1 is 0.429 bits per heavy atom. The fraction of sp³-hybridized carbons (Fsp3) is 0.0370. The number of fused-ring (bicyclic) bond motifs is 8. The third-order valence-corrected chi connectivity index (χ3v) is 11.7. The van der Waals surface area contributed by atoms with Gasteiger partial charge in [-0.1, -0.05) is 164 Å². The molecule has 0 N–H and O–H groups in total. The van der Waals surface area contributed by atoms with Crippen LogP contribution in [-0.2, 0) is 13.0 Å². The molecule has 11 rings (SSSR count). The highest BCUT2D eigenvalue weighted by Crippen LogP contribution is 2.49. The summed E-state index contributed by atoms with van der Waals surface area (Å²) < 4.78 is 2.45. The zero-order valence-electron chi connectivity index (χ0n) is 30.9. The van der Waals surface area contributed by atoms with Crippen molar-refractivity contribution in [2.24, 2.45) is 0 Å². The first kappa shape index (κ1) is 32.3. The van der Waals surface area contributed by atoms with Crippen LogP contribution in [0.4, 0.5) is 11.4 Å². The van der Waals surface area contributed by atoms with Gasteiger partial charge in [0.15, 0.2) is 0 Å². The minimum Gasteiger partial charge on any atom is -0.337 e. The molecule has 0 spiro atoms. The Morgan fingerprint density at radius 2 is 1.07 bits per heavy atom. The summed E-state index contributed by atoms with van der Waals surface area (Å²) in [6.07, 6.45) is 0.905. The van der Waals surface area contributed by atoms with Gasteiger partial charge in [-0.2, -0.15) is 0 Å². The van der Waals surface area contributed by atoms with Crippen molar-refractivity contribution in [2.75, 3.05) is 4.90 Å². The van der Waals surface area contributed by atoms with Crippen molar-refractivity contribution in [1.29, 1.82) is 0 Å². The van der Waals surface area contributed by atoms with Gasteiger partial charge in [0.1, 0.15) is 0 Å². The summed E-state index contributed by atoms with van der Waals surface area (Å²) in [5.74, 6) is 0. The van der Waals surface area contributed by atoms with Gasteiger partial charge in [0.25, 0.3) is 0 Å². The summed E-state index contributed by atoms with van der Waals surface area (Å²) in [6, 6.07) is 75.6. The largest absolute Gasteiger partial charge is 0.337 e. The molecule has 0 saturated carbocycles. The average Bonchev–Trinajstić information content (AvgIpc) is 3.83. The molecule has 0 bridgehead atoms. The van der Waals surface area contributed by atoms with E-state index in [2.05, 4.69) is 216 Å². The van der Waals surface area contributed by atoms with Crippen LogP contribution in [-0.4, -0.2) is 4.57 Å². The van der Waals surface area contributed by atoms with Crippen molar-refractivity contribution in [3.8, 4) is 39.1 Å². The van der Waals surface area contributed by atoms with Crippen LogP contribution in [0.15, 0.2) is 206 Å². The van der Waals surface area contributed by atoms with E-state index in [1.807, 2.05) is 0 Å². The van der Waals surface area contributed by atoms with E-state index in [0.717, 1.165) is 12.1 Å². The van der Waals surface area contributed by atoms with E-state index in [1.54, 1.807) is 0 Å². The van der Waals surface area contributed by atoms with Gasteiger partial charge in [0.2, 0.25) is 0 Å². The highest BCUT2D eigenvalue weighted by atomic mass is 15.1. The van der Waals surface area contributed by atoms with E-state index in [0.29, 0.717) is 6.54 Å². The standard InChI is InChI=1S/C54H38N2/c1-4-15-37(16-5-1)38-29-31-44(32-30-38)55(36-42-20-14-25-49-48-24-12-13-26-51(48)56(54(42)49)45-21-8-3-9-22-45)46-34-43-33-41-28-27-40-19-10-11-23-47(40)52(41)53(43)50(35-46)39-17-6-2-7-18-39/h1-32,34-35H,33,36H2. The van der Waals surface area contributed by atoms with Crippen LogP contribution in [0.1, 0.15) is 16.7 Å². The third kappa shape index (κ3) is 5.33. The Hall–Kier alpha value is -7.16. The molecule has 264 valence electrons. The molecule has 0 atom stereocenters. The molecule has 1 aromatic heterocycles. The quantitative estimate of drug-likeness (QED) is 0.160. The first-order valence-corrected chi connectivity index (χ1v) is 19.5. The molecule has 1 aliphatic rings. The fourth-order valence-electron chi connectivity index (χ4n) is 9.11. The van der Waals surface area contributed by atoms with Gasteiger partial charge in [-0.15, -0.1) is 0 Å². The van der Waals surface area contributed by atoms with Crippen LogP contribution in [0.2, 0.25) is 0 Å². The molecule has 2 heteroatoms. The molecular weight excluding hydrogens is 677 g/mol. The maximum atomic E-state index is 2.53. The van der Waals surface area contributed by atoms with Gasteiger partial charge >= 0.3 is 0 Å². The highest BCUT2D eigenvalue weighted by Gasteiger charge is 2.27. The Kier molecular flexibility index (Phi) is 7.67. The predicted molar refractivity (Wildman–Crippen MR) is 236 cm³/mol. The van der Waals surface area contributed by atoms with Crippen LogP contribution < -0.4 is 4.90 Å².